The Morgan fingerprint density at radius 2 is 1.67 bits per heavy atom. The minimum atomic E-state index is 0.236. The molecule has 1 aliphatic carbocycles. The fourth-order valence-electron chi connectivity index (χ4n) is 4.94. The van der Waals surface area contributed by atoms with Crippen molar-refractivity contribution in [1.29, 1.82) is 0 Å². The monoisotopic (exact) mass is 386 g/mol. The predicted octanol–water partition coefficient (Wildman–Crippen LogP) is 5.06. The summed E-state index contributed by atoms with van der Waals surface area (Å²) >= 11 is 2.01. The lowest BCUT2D eigenvalue weighted by molar-refractivity contribution is 0.0708. The summed E-state index contributed by atoms with van der Waals surface area (Å²) in [6.45, 7) is 6.79. The third-order valence-corrected chi connectivity index (χ3v) is 8.02. The van der Waals surface area contributed by atoms with Gasteiger partial charge in [0.1, 0.15) is 0 Å². The van der Waals surface area contributed by atoms with Crippen molar-refractivity contribution in [3.63, 3.8) is 0 Å². The number of carbonyl (C=O) groups is 1. The van der Waals surface area contributed by atoms with E-state index in [4.69, 9.17) is 0 Å². The Bertz CT molecular complexity index is 618. The van der Waals surface area contributed by atoms with Crippen LogP contribution in [0.25, 0.3) is 0 Å². The Labute approximate surface area is 168 Å². The van der Waals surface area contributed by atoms with E-state index < -0.39 is 0 Å². The van der Waals surface area contributed by atoms with Gasteiger partial charge in [-0.15, -0.1) is 11.8 Å². The van der Waals surface area contributed by atoms with Crippen LogP contribution in [0.1, 0.15) is 68.6 Å². The Balaban J connectivity index is 1.34. The molecule has 1 atom stereocenters. The number of likely N-dealkylation sites (tertiary alicyclic amines) is 2. The Morgan fingerprint density at radius 3 is 2.37 bits per heavy atom. The lowest BCUT2D eigenvalue weighted by Gasteiger charge is -2.28. The molecule has 1 amide bonds. The van der Waals surface area contributed by atoms with Crippen molar-refractivity contribution >= 4 is 17.7 Å². The van der Waals surface area contributed by atoms with Crippen molar-refractivity contribution in [3.05, 3.63) is 29.8 Å². The molecule has 3 fully saturated rings. The number of hydrogen-bond donors (Lipinski definition) is 0. The molecule has 0 N–H and O–H groups in total. The molecule has 4 heteroatoms. The fourth-order valence-corrected chi connectivity index (χ4v) is 6.12. The van der Waals surface area contributed by atoms with Gasteiger partial charge in [0.2, 0.25) is 0 Å². The van der Waals surface area contributed by atoms with Gasteiger partial charge < -0.3 is 9.80 Å². The molecule has 0 aromatic heterocycles. The number of thioether (sulfide) groups is 1. The second-order valence-electron chi connectivity index (χ2n) is 8.83. The van der Waals surface area contributed by atoms with E-state index in [0.717, 1.165) is 42.7 Å². The second kappa shape index (κ2) is 9.00. The molecule has 148 valence electrons. The highest BCUT2D eigenvalue weighted by Gasteiger charge is 2.31. The maximum absolute atomic E-state index is 13.1. The average Bonchev–Trinajstić information content (AvgIpc) is 3.36. The first kappa shape index (κ1) is 19.3. The van der Waals surface area contributed by atoms with E-state index in [0.29, 0.717) is 6.04 Å². The SMILES string of the molecule is CC1CCC(Sc2ccc(C(=O)N3CCC[C@H]3CN3CCCC3)cc2)CC1. The molecular formula is C23H34N2OS. The van der Waals surface area contributed by atoms with Gasteiger partial charge in [-0.1, -0.05) is 6.92 Å². The summed E-state index contributed by atoms with van der Waals surface area (Å²) in [5.74, 6) is 1.13. The van der Waals surface area contributed by atoms with Crippen LogP contribution in [0.15, 0.2) is 29.2 Å². The van der Waals surface area contributed by atoms with E-state index in [-0.39, 0.29) is 5.91 Å². The van der Waals surface area contributed by atoms with Crippen LogP contribution in [0, 0.1) is 5.92 Å². The highest BCUT2D eigenvalue weighted by molar-refractivity contribution is 8.00. The molecule has 2 heterocycles. The van der Waals surface area contributed by atoms with Gasteiger partial charge in [0.05, 0.1) is 0 Å². The molecule has 1 saturated carbocycles. The smallest absolute Gasteiger partial charge is 0.254 e. The van der Waals surface area contributed by atoms with Gasteiger partial charge in [0.15, 0.2) is 0 Å². The van der Waals surface area contributed by atoms with E-state index in [2.05, 4.69) is 41.0 Å². The molecule has 4 rings (SSSR count). The highest BCUT2D eigenvalue weighted by atomic mass is 32.2. The van der Waals surface area contributed by atoms with Crippen LogP contribution in [-0.2, 0) is 0 Å². The largest absolute Gasteiger partial charge is 0.334 e. The minimum Gasteiger partial charge on any atom is -0.334 e. The molecule has 3 aliphatic rings. The van der Waals surface area contributed by atoms with Crippen molar-refractivity contribution in [1.82, 2.24) is 9.80 Å². The summed E-state index contributed by atoms with van der Waals surface area (Å²) in [7, 11) is 0. The first-order valence-corrected chi connectivity index (χ1v) is 11.9. The first-order valence-electron chi connectivity index (χ1n) is 11.0. The molecule has 0 radical (unpaired) electrons. The average molecular weight is 387 g/mol. The first-order chi connectivity index (χ1) is 13.2. The number of hydrogen-bond acceptors (Lipinski definition) is 3. The quantitative estimate of drug-likeness (QED) is 0.707. The molecule has 0 bridgehead atoms. The zero-order valence-corrected chi connectivity index (χ0v) is 17.6. The fraction of sp³-hybridized carbons (Fsp3) is 0.696. The van der Waals surface area contributed by atoms with E-state index in [9.17, 15) is 4.79 Å². The molecule has 1 aromatic rings. The summed E-state index contributed by atoms with van der Waals surface area (Å²) in [5, 5.41) is 0.756. The van der Waals surface area contributed by atoms with Crippen LogP contribution in [0.4, 0.5) is 0 Å². The van der Waals surface area contributed by atoms with Crippen LogP contribution in [0.3, 0.4) is 0 Å². The minimum absolute atomic E-state index is 0.236. The predicted molar refractivity (Wildman–Crippen MR) is 113 cm³/mol. The Hall–Kier alpha value is -1.00. The van der Waals surface area contributed by atoms with E-state index in [1.165, 1.54) is 56.5 Å². The van der Waals surface area contributed by atoms with Crippen LogP contribution in [0.5, 0.6) is 0 Å². The van der Waals surface area contributed by atoms with Crippen molar-refractivity contribution in [3.8, 4) is 0 Å². The summed E-state index contributed by atoms with van der Waals surface area (Å²) in [5.41, 5.74) is 0.866. The molecule has 1 aromatic carbocycles. The number of amides is 1. The molecule has 2 aliphatic heterocycles. The molecule has 0 unspecified atom stereocenters. The van der Waals surface area contributed by atoms with Crippen molar-refractivity contribution < 1.29 is 4.79 Å². The summed E-state index contributed by atoms with van der Waals surface area (Å²) in [6, 6.07) is 8.86. The summed E-state index contributed by atoms with van der Waals surface area (Å²) in [6.07, 6.45) is 10.3. The van der Waals surface area contributed by atoms with Gasteiger partial charge in [-0.2, -0.15) is 0 Å². The molecular weight excluding hydrogens is 352 g/mol. The molecule has 2 saturated heterocycles. The van der Waals surface area contributed by atoms with E-state index in [1.54, 1.807) is 0 Å². The van der Waals surface area contributed by atoms with Gasteiger partial charge >= 0.3 is 0 Å². The maximum Gasteiger partial charge on any atom is 0.254 e. The highest BCUT2D eigenvalue weighted by Crippen LogP contribution is 2.36. The summed E-state index contributed by atoms with van der Waals surface area (Å²) < 4.78 is 0. The Kier molecular flexibility index (Phi) is 6.44. The topological polar surface area (TPSA) is 23.6 Å². The van der Waals surface area contributed by atoms with Crippen LogP contribution in [0.2, 0.25) is 0 Å². The third-order valence-electron chi connectivity index (χ3n) is 6.67. The molecule has 27 heavy (non-hydrogen) atoms. The van der Waals surface area contributed by atoms with Gasteiger partial charge in [-0.25, -0.2) is 0 Å². The van der Waals surface area contributed by atoms with Crippen LogP contribution in [-0.4, -0.2) is 53.2 Å². The van der Waals surface area contributed by atoms with Crippen LogP contribution >= 0.6 is 11.8 Å². The van der Waals surface area contributed by atoms with Gasteiger partial charge in [-0.05, 0) is 94.6 Å². The standard InChI is InChI=1S/C23H34N2OS/c1-18-6-10-21(11-7-18)27-22-12-8-19(9-13-22)23(26)25-16-4-5-20(25)17-24-14-2-3-15-24/h8-9,12-13,18,20-21H,2-7,10-11,14-17H2,1H3/t18?,20-,21?/m0/s1. The molecule has 3 nitrogen and oxygen atoms in total. The zero-order valence-electron chi connectivity index (χ0n) is 16.7. The third kappa shape index (κ3) is 4.89. The lowest BCUT2D eigenvalue weighted by atomic mass is 9.91. The van der Waals surface area contributed by atoms with Gasteiger partial charge in [0, 0.05) is 34.8 Å². The summed E-state index contributed by atoms with van der Waals surface area (Å²) in [4.78, 5) is 19.1. The van der Waals surface area contributed by atoms with Crippen molar-refractivity contribution in [2.45, 2.75) is 74.5 Å². The van der Waals surface area contributed by atoms with Crippen molar-refractivity contribution in [2.24, 2.45) is 5.92 Å². The van der Waals surface area contributed by atoms with Gasteiger partial charge in [0.25, 0.3) is 5.91 Å². The van der Waals surface area contributed by atoms with Crippen LogP contribution < -0.4 is 0 Å². The van der Waals surface area contributed by atoms with E-state index in [1.807, 2.05) is 11.8 Å². The maximum atomic E-state index is 13.1. The number of benzene rings is 1. The zero-order chi connectivity index (χ0) is 18.6. The number of nitrogens with zero attached hydrogens (tertiary/aromatic N) is 2. The number of carbonyl (C=O) groups excluding carboxylic acids is 1. The second-order valence-corrected chi connectivity index (χ2v) is 10.2. The number of rotatable bonds is 5. The van der Waals surface area contributed by atoms with E-state index >= 15 is 0 Å². The van der Waals surface area contributed by atoms with Crippen molar-refractivity contribution in [2.75, 3.05) is 26.2 Å². The van der Waals surface area contributed by atoms with Gasteiger partial charge in [-0.3, -0.25) is 4.79 Å². The molecule has 0 spiro atoms. The normalized spacial score (nSPS) is 29.4. The Morgan fingerprint density at radius 1 is 0.963 bits per heavy atom. The lowest BCUT2D eigenvalue weighted by Crippen LogP contribution is -2.42.